The molecule has 5 nitrogen and oxygen atoms in total. The molecule has 0 saturated carbocycles. The highest BCUT2D eigenvalue weighted by Crippen LogP contribution is 2.51. The first-order valence-corrected chi connectivity index (χ1v) is 11.8. The quantitative estimate of drug-likeness (QED) is 0.732. The largest absolute Gasteiger partial charge is 0.332 e. The van der Waals surface area contributed by atoms with Gasteiger partial charge in [0.25, 0.3) is 5.91 Å². The lowest BCUT2D eigenvalue weighted by Crippen LogP contribution is -2.46. The first-order valence-electron chi connectivity index (χ1n) is 10.6. The van der Waals surface area contributed by atoms with Gasteiger partial charge in [0, 0.05) is 24.6 Å². The number of nitrogens with zero attached hydrogens (tertiary/aromatic N) is 1. The van der Waals surface area contributed by atoms with Gasteiger partial charge in [-0.25, -0.2) is 8.93 Å². The van der Waals surface area contributed by atoms with E-state index in [-0.39, 0.29) is 22.1 Å². The number of carbonyl (C=O) groups is 1. The second kappa shape index (κ2) is 7.86. The van der Waals surface area contributed by atoms with Crippen molar-refractivity contribution < 1.29 is 9.00 Å². The molecule has 4 rings (SSSR count). The third kappa shape index (κ3) is 4.14. The van der Waals surface area contributed by atoms with E-state index in [1.165, 1.54) is 11.1 Å². The standard InChI is InChI=1S/C23H31N3O2S/c1-22(2,3)29(28)25-21-19-15-17(6-8-20(27)26-13-4-14-26)5-7-18(19)16-23(21)9-11-24-12-10-23/h5,7,15,21,24-25H,4,9-14,16H2,1-3H3/t21-,29-/m1/s1. The molecule has 1 spiro atoms. The van der Waals surface area contributed by atoms with Gasteiger partial charge in [0.05, 0.1) is 21.8 Å². The van der Waals surface area contributed by atoms with Gasteiger partial charge in [0.2, 0.25) is 0 Å². The summed E-state index contributed by atoms with van der Waals surface area (Å²) in [6.07, 6.45) is 4.20. The summed E-state index contributed by atoms with van der Waals surface area (Å²) in [6, 6.07) is 6.33. The Morgan fingerprint density at radius 3 is 2.62 bits per heavy atom. The van der Waals surface area contributed by atoms with Gasteiger partial charge in [-0.2, -0.15) is 0 Å². The Morgan fingerprint density at radius 1 is 1.28 bits per heavy atom. The van der Waals surface area contributed by atoms with E-state index in [9.17, 15) is 9.00 Å². The summed E-state index contributed by atoms with van der Waals surface area (Å²) >= 11 is 0. The van der Waals surface area contributed by atoms with Gasteiger partial charge in [-0.05, 0) is 88.2 Å². The molecule has 29 heavy (non-hydrogen) atoms. The van der Waals surface area contributed by atoms with E-state index in [4.69, 9.17) is 0 Å². The first kappa shape index (κ1) is 20.6. The summed E-state index contributed by atoms with van der Waals surface area (Å²) in [4.78, 5) is 13.9. The maximum Gasteiger partial charge on any atom is 0.298 e. The Kier molecular flexibility index (Phi) is 5.58. The molecular weight excluding hydrogens is 382 g/mol. The summed E-state index contributed by atoms with van der Waals surface area (Å²) in [5.74, 6) is 5.76. The van der Waals surface area contributed by atoms with E-state index in [2.05, 4.69) is 34.0 Å². The molecular formula is C23H31N3O2S. The number of carbonyl (C=O) groups excluding carboxylic acids is 1. The average Bonchev–Trinajstić information content (AvgIpc) is 2.91. The van der Waals surface area contributed by atoms with E-state index in [0.717, 1.165) is 57.4 Å². The molecule has 2 saturated heterocycles. The smallest absolute Gasteiger partial charge is 0.298 e. The second-order valence-electron chi connectivity index (χ2n) is 9.53. The van der Waals surface area contributed by atoms with Crippen LogP contribution in [-0.4, -0.2) is 45.9 Å². The number of likely N-dealkylation sites (tertiary alicyclic amines) is 1. The third-order valence-corrected chi connectivity index (χ3v) is 8.01. The molecule has 1 aromatic rings. The van der Waals surface area contributed by atoms with E-state index in [1.54, 1.807) is 4.90 Å². The minimum atomic E-state index is -1.15. The highest BCUT2D eigenvalue weighted by atomic mass is 32.2. The Bertz CT molecular complexity index is 884. The Hall–Kier alpha value is -1.68. The zero-order valence-electron chi connectivity index (χ0n) is 17.6. The molecule has 0 unspecified atom stereocenters. The van der Waals surface area contributed by atoms with Crippen LogP contribution in [-0.2, 0) is 22.2 Å². The lowest BCUT2D eigenvalue weighted by molar-refractivity contribution is -0.128. The van der Waals surface area contributed by atoms with Crippen LogP contribution in [0.3, 0.4) is 0 Å². The summed E-state index contributed by atoms with van der Waals surface area (Å²) in [6.45, 7) is 9.63. The number of piperidine rings is 1. The van der Waals surface area contributed by atoms with Crippen molar-refractivity contribution in [3.8, 4) is 11.8 Å². The molecule has 1 aromatic carbocycles. The van der Waals surface area contributed by atoms with Crippen molar-refractivity contribution in [2.45, 2.75) is 57.2 Å². The summed E-state index contributed by atoms with van der Waals surface area (Å²) in [5.41, 5.74) is 3.47. The topological polar surface area (TPSA) is 61.4 Å². The molecule has 156 valence electrons. The van der Waals surface area contributed by atoms with Gasteiger partial charge in [-0.15, -0.1) is 0 Å². The van der Waals surface area contributed by atoms with Crippen molar-refractivity contribution >= 4 is 16.9 Å². The number of hydrogen-bond acceptors (Lipinski definition) is 3. The lowest BCUT2D eigenvalue weighted by atomic mass is 9.73. The maximum atomic E-state index is 13.0. The van der Waals surface area contributed by atoms with E-state index >= 15 is 0 Å². The molecule has 1 aliphatic carbocycles. The van der Waals surface area contributed by atoms with Crippen LogP contribution in [0.4, 0.5) is 0 Å². The minimum absolute atomic E-state index is 0.0486. The van der Waals surface area contributed by atoms with Gasteiger partial charge in [0.1, 0.15) is 0 Å². The number of rotatable bonds is 2. The van der Waals surface area contributed by atoms with E-state index in [1.807, 2.05) is 26.8 Å². The molecule has 0 radical (unpaired) electrons. The lowest BCUT2D eigenvalue weighted by Gasteiger charge is -2.40. The van der Waals surface area contributed by atoms with Crippen LogP contribution in [0, 0.1) is 17.3 Å². The van der Waals surface area contributed by atoms with Crippen LogP contribution in [0.1, 0.15) is 62.8 Å². The number of fused-ring (bicyclic) bond motifs is 1. The molecule has 6 heteroatoms. The van der Waals surface area contributed by atoms with Crippen molar-refractivity contribution in [3.05, 3.63) is 34.9 Å². The van der Waals surface area contributed by atoms with Gasteiger partial charge in [-0.3, -0.25) is 4.79 Å². The summed E-state index contributed by atoms with van der Waals surface area (Å²) < 4.78 is 16.1. The van der Waals surface area contributed by atoms with Crippen molar-refractivity contribution in [2.75, 3.05) is 26.2 Å². The number of nitrogens with one attached hydrogen (secondary N) is 2. The molecule has 0 bridgehead atoms. The monoisotopic (exact) mass is 413 g/mol. The molecule has 1 amide bonds. The highest BCUT2D eigenvalue weighted by Gasteiger charge is 2.47. The normalized spacial score (nSPS) is 23.7. The SMILES string of the molecule is CC(C)(C)[S@@](=O)N[C@@H]1c2cc(C#CC(=O)N3CCC3)ccc2CC12CCNCC2. The number of hydrogen-bond donors (Lipinski definition) is 2. The van der Waals surface area contributed by atoms with Crippen LogP contribution in [0.5, 0.6) is 0 Å². The summed E-state index contributed by atoms with van der Waals surface area (Å²) in [5, 5.41) is 3.46. The van der Waals surface area contributed by atoms with Crippen LogP contribution >= 0.6 is 0 Å². The highest BCUT2D eigenvalue weighted by molar-refractivity contribution is 7.84. The summed E-state index contributed by atoms with van der Waals surface area (Å²) in [7, 11) is -1.15. The molecule has 2 atom stereocenters. The second-order valence-corrected chi connectivity index (χ2v) is 11.5. The fraction of sp³-hybridized carbons (Fsp3) is 0.609. The number of benzene rings is 1. The van der Waals surface area contributed by atoms with Crippen LogP contribution < -0.4 is 10.0 Å². The predicted molar refractivity (Wildman–Crippen MR) is 117 cm³/mol. The van der Waals surface area contributed by atoms with Crippen LogP contribution in [0.25, 0.3) is 0 Å². The average molecular weight is 414 g/mol. The van der Waals surface area contributed by atoms with Gasteiger partial charge < -0.3 is 10.2 Å². The van der Waals surface area contributed by atoms with E-state index in [0.29, 0.717) is 0 Å². The van der Waals surface area contributed by atoms with Crippen molar-refractivity contribution in [2.24, 2.45) is 5.41 Å². The molecule has 2 N–H and O–H groups in total. The molecule has 0 aromatic heterocycles. The Morgan fingerprint density at radius 2 is 2.00 bits per heavy atom. The van der Waals surface area contributed by atoms with Crippen molar-refractivity contribution in [1.29, 1.82) is 0 Å². The fourth-order valence-electron chi connectivity index (χ4n) is 4.50. The van der Waals surface area contributed by atoms with Crippen LogP contribution in [0.15, 0.2) is 18.2 Å². The number of amides is 1. The zero-order valence-corrected chi connectivity index (χ0v) is 18.5. The molecule has 2 heterocycles. The van der Waals surface area contributed by atoms with Crippen molar-refractivity contribution in [3.63, 3.8) is 0 Å². The maximum absolute atomic E-state index is 13.0. The van der Waals surface area contributed by atoms with Crippen molar-refractivity contribution in [1.82, 2.24) is 14.9 Å². The zero-order chi connectivity index (χ0) is 20.6. The fourth-order valence-corrected chi connectivity index (χ4v) is 5.44. The molecule has 2 fully saturated rings. The van der Waals surface area contributed by atoms with Gasteiger partial charge in [-0.1, -0.05) is 12.0 Å². The minimum Gasteiger partial charge on any atom is -0.332 e. The first-order chi connectivity index (χ1) is 13.8. The predicted octanol–water partition coefficient (Wildman–Crippen LogP) is 2.29. The Balaban J connectivity index is 1.64. The van der Waals surface area contributed by atoms with E-state index < -0.39 is 11.0 Å². The molecule has 3 aliphatic rings. The van der Waals surface area contributed by atoms with Gasteiger partial charge >= 0.3 is 0 Å². The van der Waals surface area contributed by atoms with Crippen LogP contribution in [0.2, 0.25) is 0 Å². The van der Waals surface area contributed by atoms with Gasteiger partial charge in [0.15, 0.2) is 0 Å². The Labute approximate surface area is 176 Å². The molecule has 2 aliphatic heterocycles. The third-order valence-electron chi connectivity index (χ3n) is 6.45.